The molecular formula is C12H13N5. The fraction of sp³-hybridized carbons (Fsp3) is 0.167. The van der Waals surface area contributed by atoms with Crippen LogP contribution in [0.25, 0.3) is 5.52 Å². The lowest BCUT2D eigenvalue weighted by Crippen LogP contribution is -2.12. The molecule has 3 heterocycles. The standard InChI is InChI=1S/C12H13N5/c1-2-6-17-12(3-1)10(8-15-17)7-13-9-11-4-5-14-16-11/h1-6,8,13H,7,9H2,(H,14,16). The SMILES string of the molecule is c1ccn2ncc(CNCc3ccn[nH]3)c2c1. The van der Waals surface area contributed by atoms with E-state index in [4.69, 9.17) is 0 Å². The van der Waals surface area contributed by atoms with Gasteiger partial charge in [-0.15, -0.1) is 0 Å². The molecular weight excluding hydrogens is 214 g/mol. The van der Waals surface area contributed by atoms with Gasteiger partial charge in [0, 0.05) is 36.7 Å². The lowest BCUT2D eigenvalue weighted by Gasteiger charge is -2.01. The second-order valence-corrected chi connectivity index (χ2v) is 3.89. The van der Waals surface area contributed by atoms with Gasteiger partial charge in [-0.25, -0.2) is 4.52 Å². The Bertz CT molecular complexity index is 596. The molecule has 0 aliphatic heterocycles. The molecule has 0 aliphatic carbocycles. The fourth-order valence-electron chi connectivity index (χ4n) is 1.84. The summed E-state index contributed by atoms with van der Waals surface area (Å²) in [5.74, 6) is 0. The van der Waals surface area contributed by atoms with Gasteiger partial charge in [0.25, 0.3) is 0 Å². The van der Waals surface area contributed by atoms with E-state index in [1.807, 2.05) is 35.1 Å². The molecule has 0 amide bonds. The molecule has 0 aromatic carbocycles. The third-order valence-corrected chi connectivity index (χ3v) is 2.70. The van der Waals surface area contributed by atoms with Crippen LogP contribution in [0.4, 0.5) is 0 Å². The number of hydrogen-bond acceptors (Lipinski definition) is 3. The molecule has 3 aromatic heterocycles. The lowest BCUT2D eigenvalue weighted by atomic mass is 10.2. The van der Waals surface area contributed by atoms with Crippen molar-refractivity contribution in [3.8, 4) is 0 Å². The van der Waals surface area contributed by atoms with Crippen LogP contribution in [0.3, 0.4) is 0 Å². The van der Waals surface area contributed by atoms with Gasteiger partial charge >= 0.3 is 0 Å². The van der Waals surface area contributed by atoms with E-state index in [-0.39, 0.29) is 0 Å². The van der Waals surface area contributed by atoms with Crippen LogP contribution in [0.1, 0.15) is 11.3 Å². The minimum atomic E-state index is 0.782. The number of rotatable bonds is 4. The maximum absolute atomic E-state index is 4.29. The number of nitrogens with zero attached hydrogens (tertiary/aromatic N) is 3. The smallest absolute Gasteiger partial charge is 0.0706 e. The fourth-order valence-corrected chi connectivity index (χ4v) is 1.84. The van der Waals surface area contributed by atoms with Crippen molar-refractivity contribution in [1.29, 1.82) is 0 Å². The van der Waals surface area contributed by atoms with E-state index in [9.17, 15) is 0 Å². The van der Waals surface area contributed by atoms with Crippen LogP contribution in [0, 0.1) is 0 Å². The largest absolute Gasteiger partial charge is 0.307 e. The highest BCUT2D eigenvalue weighted by Crippen LogP contribution is 2.09. The van der Waals surface area contributed by atoms with E-state index in [1.54, 1.807) is 6.20 Å². The summed E-state index contributed by atoms with van der Waals surface area (Å²) in [5.41, 5.74) is 3.43. The highest BCUT2D eigenvalue weighted by atomic mass is 15.2. The minimum Gasteiger partial charge on any atom is -0.307 e. The summed E-state index contributed by atoms with van der Waals surface area (Å²) in [6, 6.07) is 8.03. The number of fused-ring (bicyclic) bond motifs is 1. The zero-order valence-electron chi connectivity index (χ0n) is 9.30. The van der Waals surface area contributed by atoms with Crippen molar-refractivity contribution in [3.05, 3.63) is 54.1 Å². The molecule has 3 rings (SSSR count). The van der Waals surface area contributed by atoms with E-state index in [0.29, 0.717) is 0 Å². The maximum atomic E-state index is 4.29. The molecule has 0 fully saturated rings. The number of aromatic nitrogens is 4. The summed E-state index contributed by atoms with van der Waals surface area (Å²) in [6.45, 7) is 1.58. The van der Waals surface area contributed by atoms with Crippen molar-refractivity contribution < 1.29 is 0 Å². The Morgan fingerprint density at radius 2 is 2.24 bits per heavy atom. The Labute approximate surface area is 98.5 Å². The number of H-pyrrole nitrogens is 1. The second kappa shape index (κ2) is 4.39. The average molecular weight is 227 g/mol. The molecule has 0 unspecified atom stereocenters. The summed E-state index contributed by atoms with van der Waals surface area (Å²) in [4.78, 5) is 0. The van der Waals surface area contributed by atoms with Gasteiger partial charge in [-0.1, -0.05) is 6.07 Å². The quantitative estimate of drug-likeness (QED) is 0.707. The van der Waals surface area contributed by atoms with Crippen molar-refractivity contribution in [3.63, 3.8) is 0 Å². The molecule has 0 saturated carbocycles. The molecule has 0 atom stereocenters. The minimum absolute atomic E-state index is 0.782. The molecule has 0 radical (unpaired) electrons. The van der Waals surface area contributed by atoms with Crippen LogP contribution in [0.5, 0.6) is 0 Å². The van der Waals surface area contributed by atoms with Crippen molar-refractivity contribution in [2.45, 2.75) is 13.1 Å². The predicted octanol–water partition coefficient (Wildman–Crippen LogP) is 1.35. The van der Waals surface area contributed by atoms with Crippen LogP contribution >= 0.6 is 0 Å². The number of aromatic amines is 1. The van der Waals surface area contributed by atoms with E-state index < -0.39 is 0 Å². The Morgan fingerprint density at radius 1 is 1.24 bits per heavy atom. The van der Waals surface area contributed by atoms with Gasteiger partial charge < -0.3 is 5.32 Å². The van der Waals surface area contributed by atoms with Crippen LogP contribution in [0.15, 0.2) is 42.9 Å². The van der Waals surface area contributed by atoms with Gasteiger partial charge in [-0.2, -0.15) is 10.2 Å². The molecule has 0 spiro atoms. The predicted molar refractivity (Wildman–Crippen MR) is 64.3 cm³/mol. The van der Waals surface area contributed by atoms with Gasteiger partial charge in [0.1, 0.15) is 0 Å². The molecule has 5 heteroatoms. The molecule has 0 saturated heterocycles. The van der Waals surface area contributed by atoms with E-state index in [1.165, 1.54) is 5.56 Å². The molecule has 2 N–H and O–H groups in total. The normalized spacial score (nSPS) is 11.1. The van der Waals surface area contributed by atoms with E-state index in [2.05, 4.69) is 26.7 Å². The van der Waals surface area contributed by atoms with E-state index >= 15 is 0 Å². The molecule has 17 heavy (non-hydrogen) atoms. The molecule has 86 valence electrons. The van der Waals surface area contributed by atoms with Gasteiger partial charge in [0.2, 0.25) is 0 Å². The van der Waals surface area contributed by atoms with Crippen molar-refractivity contribution >= 4 is 5.52 Å². The zero-order chi connectivity index (χ0) is 11.5. The second-order valence-electron chi connectivity index (χ2n) is 3.89. The van der Waals surface area contributed by atoms with Crippen LogP contribution in [-0.2, 0) is 13.1 Å². The summed E-state index contributed by atoms with van der Waals surface area (Å²) in [7, 11) is 0. The molecule has 5 nitrogen and oxygen atoms in total. The Balaban J connectivity index is 1.69. The molecule has 0 bridgehead atoms. The summed E-state index contributed by atoms with van der Waals surface area (Å²) in [6.07, 6.45) is 5.61. The number of pyridine rings is 1. The Kier molecular flexibility index (Phi) is 2.59. The number of nitrogens with one attached hydrogen (secondary N) is 2. The Hall–Kier alpha value is -2.14. The third kappa shape index (κ3) is 2.05. The van der Waals surface area contributed by atoms with Crippen LogP contribution in [0.2, 0.25) is 0 Å². The first-order valence-corrected chi connectivity index (χ1v) is 5.54. The monoisotopic (exact) mass is 227 g/mol. The van der Waals surface area contributed by atoms with Gasteiger partial charge in [0.15, 0.2) is 0 Å². The summed E-state index contributed by atoms with van der Waals surface area (Å²) in [5, 5.41) is 14.5. The highest BCUT2D eigenvalue weighted by molar-refractivity contribution is 5.53. The molecule has 3 aromatic rings. The lowest BCUT2D eigenvalue weighted by molar-refractivity contribution is 0.680. The zero-order valence-corrected chi connectivity index (χ0v) is 9.30. The summed E-state index contributed by atoms with van der Waals surface area (Å²) < 4.78 is 1.88. The topological polar surface area (TPSA) is 58.0 Å². The van der Waals surface area contributed by atoms with Gasteiger partial charge in [-0.05, 0) is 18.2 Å². The highest BCUT2D eigenvalue weighted by Gasteiger charge is 2.02. The first-order chi connectivity index (χ1) is 8.43. The van der Waals surface area contributed by atoms with Crippen molar-refractivity contribution in [2.24, 2.45) is 0 Å². The number of hydrogen-bond donors (Lipinski definition) is 2. The van der Waals surface area contributed by atoms with Crippen LogP contribution < -0.4 is 5.32 Å². The third-order valence-electron chi connectivity index (χ3n) is 2.70. The van der Waals surface area contributed by atoms with Crippen molar-refractivity contribution in [1.82, 2.24) is 25.1 Å². The first kappa shape index (κ1) is 10.0. The van der Waals surface area contributed by atoms with Crippen LogP contribution in [-0.4, -0.2) is 19.8 Å². The first-order valence-electron chi connectivity index (χ1n) is 5.54. The Morgan fingerprint density at radius 3 is 3.12 bits per heavy atom. The van der Waals surface area contributed by atoms with E-state index in [0.717, 1.165) is 24.3 Å². The molecule has 0 aliphatic rings. The van der Waals surface area contributed by atoms with Gasteiger partial charge in [0.05, 0.1) is 11.7 Å². The van der Waals surface area contributed by atoms with Crippen molar-refractivity contribution in [2.75, 3.05) is 0 Å². The summed E-state index contributed by atoms with van der Waals surface area (Å²) >= 11 is 0. The maximum Gasteiger partial charge on any atom is 0.0706 e. The average Bonchev–Trinajstić information content (AvgIpc) is 2.99. The van der Waals surface area contributed by atoms with Gasteiger partial charge in [-0.3, -0.25) is 5.10 Å².